The summed E-state index contributed by atoms with van der Waals surface area (Å²) in [6, 6.07) is 0. The van der Waals surface area contributed by atoms with Gasteiger partial charge in [-0.2, -0.15) is 0 Å². The van der Waals surface area contributed by atoms with Gasteiger partial charge in [0, 0.05) is 66.3 Å². The Labute approximate surface area is 200 Å². The molecule has 3 fully saturated rings. The molecule has 4 rings (SSSR count). The summed E-state index contributed by atoms with van der Waals surface area (Å²) in [5.74, 6) is 1.04. The van der Waals surface area contributed by atoms with Crippen LogP contribution in [-0.4, -0.2) is 97.8 Å². The van der Waals surface area contributed by atoms with Crippen LogP contribution in [0.25, 0.3) is 0 Å². The van der Waals surface area contributed by atoms with Crippen LogP contribution in [0.1, 0.15) is 13.3 Å². The number of amides is 3. The Kier molecular flexibility index (Phi) is 7.95. The molecule has 0 radical (unpaired) electrons. The Morgan fingerprint density at radius 1 is 1.00 bits per heavy atom. The van der Waals surface area contributed by atoms with Gasteiger partial charge in [0.25, 0.3) is 0 Å². The summed E-state index contributed by atoms with van der Waals surface area (Å²) in [5, 5.41) is 6.49. The third kappa shape index (κ3) is 4.89. The summed E-state index contributed by atoms with van der Waals surface area (Å²) in [6.45, 7) is 7.39. The number of imide groups is 1. The van der Waals surface area contributed by atoms with Gasteiger partial charge in [0.15, 0.2) is 5.96 Å². The number of fused-ring (bicyclic) bond motifs is 5. The second-order valence-corrected chi connectivity index (χ2v) is 8.60. The summed E-state index contributed by atoms with van der Waals surface area (Å²) in [7, 11) is 1.71. The molecule has 4 unspecified atom stereocenters. The Morgan fingerprint density at radius 2 is 1.55 bits per heavy atom. The van der Waals surface area contributed by atoms with Crippen molar-refractivity contribution in [2.75, 3.05) is 59.4 Å². The zero-order chi connectivity index (χ0) is 21.3. The van der Waals surface area contributed by atoms with Gasteiger partial charge in [-0.05, 0) is 18.3 Å². The molecule has 0 aromatic carbocycles. The summed E-state index contributed by atoms with van der Waals surface area (Å²) in [4.78, 5) is 46.7. The summed E-state index contributed by atoms with van der Waals surface area (Å²) >= 11 is 0. The number of nitrogens with one attached hydrogen (secondary N) is 2. The third-order valence-corrected chi connectivity index (χ3v) is 6.95. The molecule has 2 bridgehead atoms. The molecule has 2 aliphatic heterocycles. The molecule has 0 aromatic rings. The number of halogens is 1. The van der Waals surface area contributed by atoms with Gasteiger partial charge in [-0.15, -0.1) is 24.0 Å². The number of guanidine groups is 1. The smallest absolute Gasteiger partial charge is 0.233 e. The van der Waals surface area contributed by atoms with Crippen LogP contribution in [0, 0.1) is 23.7 Å². The highest BCUT2D eigenvalue weighted by Gasteiger charge is 2.58. The molecule has 1 saturated carbocycles. The topological polar surface area (TPSA) is 97.3 Å². The van der Waals surface area contributed by atoms with Crippen molar-refractivity contribution in [1.29, 1.82) is 0 Å². The molecule has 2 aliphatic carbocycles. The normalized spacial score (nSPS) is 29.9. The fraction of sp³-hybridized carbons (Fsp3) is 0.714. The SMILES string of the molecule is CN=C(NCCN1CCN(C(C)=O)CC1)NCCN1C(=O)C2C3C=CC(C3)C2C1=O.I. The lowest BCUT2D eigenvalue weighted by molar-refractivity contribution is -0.140. The van der Waals surface area contributed by atoms with E-state index in [0.717, 1.165) is 45.7 Å². The van der Waals surface area contributed by atoms with Crippen LogP contribution in [0.4, 0.5) is 0 Å². The van der Waals surface area contributed by atoms with Crippen molar-refractivity contribution in [3.05, 3.63) is 12.2 Å². The first-order valence-corrected chi connectivity index (χ1v) is 11.0. The van der Waals surface area contributed by atoms with Crippen LogP contribution >= 0.6 is 24.0 Å². The Bertz CT molecular complexity index is 734. The number of rotatable bonds is 6. The van der Waals surface area contributed by atoms with E-state index in [-0.39, 0.29) is 65.4 Å². The van der Waals surface area contributed by atoms with Gasteiger partial charge >= 0.3 is 0 Å². The first kappa shape index (κ1) is 24.0. The van der Waals surface area contributed by atoms with Crippen molar-refractivity contribution in [3.8, 4) is 0 Å². The quantitative estimate of drug-likeness (QED) is 0.157. The number of carbonyl (C=O) groups excluding carboxylic acids is 3. The van der Waals surface area contributed by atoms with Crippen LogP contribution in [0.2, 0.25) is 0 Å². The van der Waals surface area contributed by atoms with Crippen molar-refractivity contribution in [2.45, 2.75) is 13.3 Å². The predicted octanol–water partition coefficient (Wildman–Crippen LogP) is -0.259. The van der Waals surface area contributed by atoms with E-state index in [1.165, 1.54) is 4.90 Å². The fourth-order valence-corrected chi connectivity index (χ4v) is 5.31. The van der Waals surface area contributed by atoms with E-state index < -0.39 is 0 Å². The molecular weight excluding hydrogens is 511 g/mol. The van der Waals surface area contributed by atoms with Gasteiger partial charge in [-0.1, -0.05) is 12.2 Å². The number of piperazine rings is 1. The monoisotopic (exact) mass is 544 g/mol. The molecular formula is C21H33IN6O3. The largest absolute Gasteiger partial charge is 0.355 e. The number of carbonyl (C=O) groups is 3. The van der Waals surface area contributed by atoms with E-state index in [9.17, 15) is 14.4 Å². The minimum Gasteiger partial charge on any atom is -0.355 e. The van der Waals surface area contributed by atoms with E-state index >= 15 is 0 Å². The Hall–Kier alpha value is -1.69. The van der Waals surface area contributed by atoms with Gasteiger partial charge in [0.1, 0.15) is 0 Å². The zero-order valence-corrected chi connectivity index (χ0v) is 20.6. The van der Waals surface area contributed by atoms with E-state index in [2.05, 4.69) is 32.7 Å². The van der Waals surface area contributed by atoms with Crippen LogP contribution in [-0.2, 0) is 14.4 Å². The number of hydrogen-bond acceptors (Lipinski definition) is 5. The van der Waals surface area contributed by atoms with Crippen LogP contribution in [0.3, 0.4) is 0 Å². The highest BCUT2D eigenvalue weighted by molar-refractivity contribution is 14.0. The third-order valence-electron chi connectivity index (χ3n) is 6.95. The number of allylic oxidation sites excluding steroid dienone is 2. The summed E-state index contributed by atoms with van der Waals surface area (Å²) in [5.41, 5.74) is 0. The molecule has 172 valence electrons. The van der Waals surface area contributed by atoms with Crippen molar-refractivity contribution in [2.24, 2.45) is 28.7 Å². The second kappa shape index (κ2) is 10.3. The molecule has 4 aliphatic rings. The fourth-order valence-electron chi connectivity index (χ4n) is 5.31. The first-order valence-electron chi connectivity index (χ1n) is 11.0. The Morgan fingerprint density at radius 3 is 2.06 bits per heavy atom. The zero-order valence-electron chi connectivity index (χ0n) is 18.2. The molecule has 3 amide bonds. The van der Waals surface area contributed by atoms with Crippen molar-refractivity contribution in [1.82, 2.24) is 25.3 Å². The predicted molar refractivity (Wildman–Crippen MR) is 128 cm³/mol. The molecule has 0 aromatic heterocycles. The average molecular weight is 544 g/mol. The molecule has 4 atom stereocenters. The lowest BCUT2D eigenvalue weighted by Gasteiger charge is -2.34. The van der Waals surface area contributed by atoms with Crippen molar-refractivity contribution >= 4 is 47.7 Å². The van der Waals surface area contributed by atoms with Gasteiger partial charge in [0.05, 0.1) is 11.8 Å². The standard InChI is InChI=1S/C21H32N6O3.HI/c1-14(28)26-11-9-25(10-12-26)7-5-23-21(22-2)24-6-8-27-19(29)17-15-3-4-16(13-15)18(17)20(27)30;/h3-4,15-18H,5-13H2,1-2H3,(H2,22,23,24);1H. The highest BCUT2D eigenvalue weighted by atomic mass is 127. The van der Waals surface area contributed by atoms with Crippen LogP contribution in [0.5, 0.6) is 0 Å². The maximum Gasteiger partial charge on any atom is 0.233 e. The average Bonchev–Trinajstić information content (AvgIpc) is 3.42. The maximum absolute atomic E-state index is 12.7. The number of hydrogen-bond donors (Lipinski definition) is 2. The maximum atomic E-state index is 12.7. The van der Waals surface area contributed by atoms with Crippen molar-refractivity contribution < 1.29 is 14.4 Å². The van der Waals surface area contributed by atoms with Gasteiger partial charge in [-0.25, -0.2) is 0 Å². The molecule has 2 saturated heterocycles. The molecule has 10 heteroatoms. The van der Waals surface area contributed by atoms with Gasteiger partial charge in [0.2, 0.25) is 17.7 Å². The molecule has 2 heterocycles. The highest BCUT2D eigenvalue weighted by Crippen LogP contribution is 2.52. The molecule has 31 heavy (non-hydrogen) atoms. The van der Waals surface area contributed by atoms with Gasteiger partial charge < -0.3 is 15.5 Å². The molecule has 0 spiro atoms. The first-order chi connectivity index (χ1) is 14.5. The lowest BCUT2D eigenvalue weighted by atomic mass is 9.85. The lowest BCUT2D eigenvalue weighted by Crippen LogP contribution is -2.50. The molecule has 9 nitrogen and oxygen atoms in total. The van der Waals surface area contributed by atoms with Crippen molar-refractivity contribution in [3.63, 3.8) is 0 Å². The number of nitrogens with zero attached hydrogens (tertiary/aromatic N) is 4. The minimum absolute atomic E-state index is 0. The van der Waals surface area contributed by atoms with Crippen LogP contribution in [0.15, 0.2) is 17.1 Å². The van der Waals surface area contributed by atoms with E-state index in [4.69, 9.17) is 0 Å². The van der Waals surface area contributed by atoms with E-state index in [1.807, 2.05) is 4.90 Å². The van der Waals surface area contributed by atoms with E-state index in [1.54, 1.807) is 14.0 Å². The summed E-state index contributed by atoms with van der Waals surface area (Å²) < 4.78 is 0. The number of likely N-dealkylation sites (tertiary alicyclic amines) is 1. The number of aliphatic imine (C=N–C) groups is 1. The molecule has 2 N–H and O–H groups in total. The summed E-state index contributed by atoms with van der Waals surface area (Å²) in [6.07, 6.45) is 5.19. The van der Waals surface area contributed by atoms with Gasteiger partial charge in [-0.3, -0.25) is 29.2 Å². The Balaban J connectivity index is 0.00000272. The van der Waals surface area contributed by atoms with Crippen LogP contribution < -0.4 is 10.6 Å². The van der Waals surface area contributed by atoms with E-state index in [0.29, 0.717) is 19.0 Å². The second-order valence-electron chi connectivity index (χ2n) is 8.60. The minimum atomic E-state index is -0.131.